The lowest BCUT2D eigenvalue weighted by Crippen LogP contribution is -2.30. The minimum absolute atomic E-state index is 0.0170. The van der Waals surface area contributed by atoms with E-state index in [1.807, 2.05) is 36.5 Å². The van der Waals surface area contributed by atoms with Crippen LogP contribution in [-0.4, -0.2) is 21.6 Å². The Labute approximate surface area is 173 Å². The first kappa shape index (κ1) is 19.4. The third-order valence-corrected chi connectivity index (χ3v) is 6.22. The molecule has 2 N–H and O–H groups in total. The maximum absolute atomic E-state index is 12.8. The number of hydrogen-bond acceptors (Lipinski definition) is 4. The van der Waals surface area contributed by atoms with Crippen molar-refractivity contribution in [1.82, 2.24) is 20.4 Å². The van der Waals surface area contributed by atoms with Crippen LogP contribution < -0.4 is 10.6 Å². The molecule has 3 aromatic rings. The first-order chi connectivity index (χ1) is 14.1. The number of nitrogens with zero attached hydrogens (tertiary/aromatic N) is 2. The molecule has 0 saturated heterocycles. The Morgan fingerprint density at radius 3 is 2.83 bits per heavy atom. The highest BCUT2D eigenvalue weighted by atomic mass is 32.1. The molecule has 2 aromatic heterocycles. The van der Waals surface area contributed by atoms with E-state index in [2.05, 4.69) is 32.5 Å². The standard InChI is InChI=1S/C22H24N4O2S/c1-15(27)23-12-17-10-11-21(29-17)22(28)25-19-8-5-9-20-18(19)13-24-26(20)14-16-6-3-2-4-7-16/h2-4,6-7,10-11,13,19H,5,8-9,12,14H2,1H3,(H,23,27)(H,25,28). The fourth-order valence-corrected chi connectivity index (χ4v) is 4.55. The Morgan fingerprint density at radius 2 is 2.03 bits per heavy atom. The van der Waals surface area contributed by atoms with Gasteiger partial charge < -0.3 is 10.6 Å². The molecular weight excluding hydrogens is 384 g/mol. The summed E-state index contributed by atoms with van der Waals surface area (Å²) in [6.45, 7) is 2.68. The largest absolute Gasteiger partial charge is 0.351 e. The number of carbonyl (C=O) groups excluding carboxylic acids is 2. The van der Waals surface area contributed by atoms with E-state index >= 15 is 0 Å². The van der Waals surface area contributed by atoms with Gasteiger partial charge in [0.25, 0.3) is 5.91 Å². The Hall–Kier alpha value is -2.93. The molecule has 0 aliphatic heterocycles. The lowest BCUT2D eigenvalue weighted by Gasteiger charge is -2.24. The molecule has 1 aliphatic rings. The van der Waals surface area contributed by atoms with Crippen LogP contribution in [0.3, 0.4) is 0 Å². The third-order valence-electron chi connectivity index (χ3n) is 5.14. The van der Waals surface area contributed by atoms with Crippen molar-refractivity contribution in [1.29, 1.82) is 0 Å². The SMILES string of the molecule is CC(=O)NCc1ccc(C(=O)NC2CCCc3c2cnn3Cc2ccccc2)s1. The van der Waals surface area contributed by atoms with Crippen LogP contribution in [0.1, 0.15) is 57.2 Å². The van der Waals surface area contributed by atoms with Crippen LogP contribution in [0.2, 0.25) is 0 Å². The van der Waals surface area contributed by atoms with Gasteiger partial charge in [0.05, 0.1) is 30.2 Å². The molecule has 0 fully saturated rings. The quantitative estimate of drug-likeness (QED) is 0.656. The number of hydrogen-bond donors (Lipinski definition) is 2. The van der Waals surface area contributed by atoms with Crippen molar-refractivity contribution in [2.24, 2.45) is 0 Å². The molecule has 2 heterocycles. The summed E-state index contributed by atoms with van der Waals surface area (Å²) < 4.78 is 2.06. The fourth-order valence-electron chi connectivity index (χ4n) is 3.70. The van der Waals surface area contributed by atoms with E-state index in [1.165, 1.54) is 29.5 Å². The van der Waals surface area contributed by atoms with Crippen LogP contribution in [0, 0.1) is 0 Å². The minimum atomic E-state index is -0.0772. The second kappa shape index (κ2) is 8.61. The molecular formula is C22H24N4O2S. The monoisotopic (exact) mass is 408 g/mol. The van der Waals surface area contributed by atoms with Gasteiger partial charge in [-0.1, -0.05) is 30.3 Å². The zero-order valence-electron chi connectivity index (χ0n) is 16.4. The van der Waals surface area contributed by atoms with Gasteiger partial charge in [0.1, 0.15) is 0 Å². The molecule has 0 spiro atoms. The van der Waals surface area contributed by atoms with Crippen molar-refractivity contribution < 1.29 is 9.59 Å². The zero-order chi connectivity index (χ0) is 20.2. The van der Waals surface area contributed by atoms with Crippen LogP contribution in [0.5, 0.6) is 0 Å². The Balaban J connectivity index is 1.45. The van der Waals surface area contributed by atoms with Gasteiger partial charge in [-0.2, -0.15) is 5.10 Å². The number of thiophene rings is 1. The molecule has 150 valence electrons. The molecule has 0 radical (unpaired) electrons. The lowest BCUT2D eigenvalue weighted by atomic mass is 9.93. The molecule has 1 unspecified atom stereocenters. The number of aromatic nitrogens is 2. The summed E-state index contributed by atoms with van der Waals surface area (Å²) in [5.74, 6) is -0.149. The molecule has 7 heteroatoms. The highest BCUT2D eigenvalue weighted by molar-refractivity contribution is 7.14. The lowest BCUT2D eigenvalue weighted by molar-refractivity contribution is -0.119. The summed E-state index contributed by atoms with van der Waals surface area (Å²) in [7, 11) is 0. The summed E-state index contributed by atoms with van der Waals surface area (Å²) in [6.07, 6.45) is 4.82. The van der Waals surface area contributed by atoms with Crippen LogP contribution >= 0.6 is 11.3 Å². The van der Waals surface area contributed by atoms with Crippen LogP contribution in [0.4, 0.5) is 0 Å². The van der Waals surface area contributed by atoms with E-state index in [0.29, 0.717) is 11.4 Å². The van der Waals surface area contributed by atoms with Gasteiger partial charge in [0, 0.05) is 23.1 Å². The Morgan fingerprint density at radius 1 is 1.21 bits per heavy atom. The summed E-state index contributed by atoms with van der Waals surface area (Å²) >= 11 is 1.41. The van der Waals surface area contributed by atoms with E-state index < -0.39 is 0 Å². The van der Waals surface area contributed by atoms with Gasteiger partial charge in [-0.3, -0.25) is 14.3 Å². The number of benzene rings is 1. The van der Waals surface area contributed by atoms with Crippen LogP contribution in [0.25, 0.3) is 0 Å². The molecule has 4 rings (SSSR count). The van der Waals surface area contributed by atoms with Gasteiger partial charge in [-0.05, 0) is 37.0 Å². The van der Waals surface area contributed by atoms with Crippen LogP contribution in [0.15, 0.2) is 48.7 Å². The molecule has 1 atom stereocenters. The highest BCUT2D eigenvalue weighted by Crippen LogP contribution is 2.30. The van der Waals surface area contributed by atoms with E-state index in [9.17, 15) is 9.59 Å². The minimum Gasteiger partial charge on any atom is -0.351 e. The smallest absolute Gasteiger partial charge is 0.261 e. The van der Waals surface area contributed by atoms with E-state index in [-0.39, 0.29) is 17.9 Å². The van der Waals surface area contributed by atoms with Gasteiger partial charge in [-0.15, -0.1) is 11.3 Å². The number of carbonyl (C=O) groups is 2. The van der Waals surface area contributed by atoms with Crippen molar-refractivity contribution in [3.8, 4) is 0 Å². The molecule has 29 heavy (non-hydrogen) atoms. The van der Waals surface area contributed by atoms with Crippen molar-refractivity contribution in [3.63, 3.8) is 0 Å². The van der Waals surface area contributed by atoms with E-state index in [4.69, 9.17) is 0 Å². The number of nitrogens with one attached hydrogen (secondary N) is 2. The normalized spacial score (nSPS) is 15.6. The second-order valence-corrected chi connectivity index (χ2v) is 8.45. The average Bonchev–Trinajstić information content (AvgIpc) is 3.35. The molecule has 2 amide bonds. The summed E-state index contributed by atoms with van der Waals surface area (Å²) in [6, 6.07) is 14.0. The van der Waals surface area contributed by atoms with Crippen molar-refractivity contribution >= 4 is 23.2 Å². The molecule has 0 saturated carbocycles. The second-order valence-electron chi connectivity index (χ2n) is 7.28. The summed E-state index contributed by atoms with van der Waals surface area (Å²) in [4.78, 5) is 25.4. The molecule has 6 nitrogen and oxygen atoms in total. The maximum Gasteiger partial charge on any atom is 0.261 e. The predicted octanol–water partition coefficient (Wildman–Crippen LogP) is 3.44. The first-order valence-electron chi connectivity index (χ1n) is 9.82. The highest BCUT2D eigenvalue weighted by Gasteiger charge is 2.26. The Kier molecular flexibility index (Phi) is 5.76. The number of amides is 2. The summed E-state index contributed by atoms with van der Waals surface area (Å²) in [5.41, 5.74) is 3.55. The van der Waals surface area contributed by atoms with Crippen molar-refractivity contribution in [2.45, 2.75) is 45.3 Å². The molecule has 0 bridgehead atoms. The van der Waals surface area contributed by atoms with Crippen LogP contribution in [-0.2, 0) is 24.3 Å². The topological polar surface area (TPSA) is 76.0 Å². The van der Waals surface area contributed by atoms with E-state index in [1.54, 1.807) is 0 Å². The third kappa shape index (κ3) is 4.56. The number of rotatable bonds is 6. The summed E-state index contributed by atoms with van der Waals surface area (Å²) in [5, 5.41) is 10.5. The van der Waals surface area contributed by atoms with E-state index in [0.717, 1.165) is 36.2 Å². The predicted molar refractivity (Wildman–Crippen MR) is 113 cm³/mol. The van der Waals surface area contributed by atoms with Crippen molar-refractivity contribution in [3.05, 3.63) is 75.2 Å². The molecule has 1 aliphatic carbocycles. The van der Waals surface area contributed by atoms with Gasteiger partial charge in [0.15, 0.2) is 0 Å². The van der Waals surface area contributed by atoms with Gasteiger partial charge in [-0.25, -0.2) is 0 Å². The maximum atomic E-state index is 12.8. The first-order valence-corrected chi connectivity index (χ1v) is 10.6. The van der Waals surface area contributed by atoms with Gasteiger partial charge in [0.2, 0.25) is 5.91 Å². The fraction of sp³-hybridized carbons (Fsp3) is 0.318. The average molecular weight is 409 g/mol. The zero-order valence-corrected chi connectivity index (χ0v) is 17.2. The number of fused-ring (bicyclic) bond motifs is 1. The Bertz CT molecular complexity index is 1010. The van der Waals surface area contributed by atoms with Crippen molar-refractivity contribution in [2.75, 3.05) is 0 Å². The van der Waals surface area contributed by atoms with Gasteiger partial charge >= 0.3 is 0 Å². The molecule has 1 aromatic carbocycles.